The molecular formula is C14H12O2S. The number of hydrogen-bond acceptors (Lipinski definition) is 3. The number of ether oxygens (including phenoxy) is 1. The van der Waals surface area contributed by atoms with Crippen LogP contribution in [0.2, 0.25) is 0 Å². The quantitative estimate of drug-likeness (QED) is 0.758. The lowest BCUT2D eigenvalue weighted by Gasteiger charge is -2.28. The summed E-state index contributed by atoms with van der Waals surface area (Å²) >= 11 is 1.57. The van der Waals surface area contributed by atoms with Gasteiger partial charge in [-0.2, -0.15) is 0 Å². The van der Waals surface area contributed by atoms with Crippen molar-refractivity contribution < 1.29 is 9.53 Å². The number of hydrogen-bond donors (Lipinski definition) is 0. The van der Waals surface area contributed by atoms with Crippen LogP contribution in [-0.2, 0) is 9.53 Å². The molecule has 2 nitrogen and oxygen atoms in total. The highest BCUT2D eigenvalue weighted by molar-refractivity contribution is 8.04. The second-order valence-electron chi connectivity index (χ2n) is 4.07. The van der Waals surface area contributed by atoms with Crippen LogP contribution in [0.1, 0.15) is 18.1 Å². The van der Waals surface area contributed by atoms with E-state index in [0.717, 1.165) is 20.9 Å². The van der Waals surface area contributed by atoms with E-state index < -0.39 is 0 Å². The van der Waals surface area contributed by atoms with Gasteiger partial charge in [-0.05, 0) is 11.6 Å². The molecule has 0 saturated heterocycles. The number of methoxy groups -OCH3 is 1. The Bertz CT molecular complexity index is 543. The van der Waals surface area contributed by atoms with Crippen LogP contribution in [0.25, 0.3) is 0 Å². The van der Waals surface area contributed by atoms with E-state index in [2.05, 4.69) is 6.07 Å². The zero-order chi connectivity index (χ0) is 11.8. The smallest absolute Gasteiger partial charge is 0.173 e. The van der Waals surface area contributed by atoms with Crippen LogP contribution in [0, 0.1) is 0 Å². The predicted molar refractivity (Wildman–Crippen MR) is 67.8 cm³/mol. The van der Waals surface area contributed by atoms with Crippen molar-refractivity contribution in [2.45, 2.75) is 17.4 Å². The zero-order valence-corrected chi connectivity index (χ0v) is 10.3. The first kappa shape index (κ1) is 10.8. The highest BCUT2D eigenvalue weighted by Gasteiger charge is 2.31. The number of benzene rings is 1. The molecular weight excluding hydrogens is 232 g/mol. The maximum Gasteiger partial charge on any atom is 0.173 e. The summed E-state index contributed by atoms with van der Waals surface area (Å²) in [4.78, 5) is 13.9. The van der Waals surface area contributed by atoms with Crippen LogP contribution < -0.4 is 0 Å². The minimum atomic E-state index is -0.108. The van der Waals surface area contributed by atoms with Gasteiger partial charge in [0.1, 0.15) is 6.10 Å². The average Bonchev–Trinajstić information content (AvgIpc) is 2.37. The molecule has 0 amide bonds. The maximum absolute atomic E-state index is 11.9. The Kier molecular flexibility index (Phi) is 2.65. The molecule has 0 bridgehead atoms. The third-order valence-electron chi connectivity index (χ3n) is 3.05. The molecule has 0 fully saturated rings. The molecule has 0 aromatic heterocycles. The Balaban J connectivity index is 2.16. The van der Waals surface area contributed by atoms with Crippen molar-refractivity contribution >= 4 is 17.5 Å². The number of carbonyl (C=O) groups is 1. The summed E-state index contributed by atoms with van der Waals surface area (Å²) in [7, 11) is 1.69. The van der Waals surface area contributed by atoms with E-state index >= 15 is 0 Å². The molecule has 86 valence electrons. The molecule has 0 N–H and O–H groups in total. The van der Waals surface area contributed by atoms with Gasteiger partial charge in [0.25, 0.3) is 0 Å². The van der Waals surface area contributed by atoms with Gasteiger partial charge in [0.15, 0.2) is 5.78 Å². The Hall–Kier alpha value is -1.32. The van der Waals surface area contributed by atoms with Gasteiger partial charge in [0.2, 0.25) is 0 Å². The first-order valence-corrected chi connectivity index (χ1v) is 6.36. The summed E-state index contributed by atoms with van der Waals surface area (Å²) in [6.07, 6.45) is 4.34. The van der Waals surface area contributed by atoms with Crippen molar-refractivity contribution in [2.75, 3.05) is 7.11 Å². The molecule has 1 aliphatic carbocycles. The number of ketones is 1. The lowest BCUT2D eigenvalue weighted by Crippen LogP contribution is -2.17. The van der Waals surface area contributed by atoms with E-state index in [1.807, 2.05) is 30.4 Å². The van der Waals surface area contributed by atoms with Crippen molar-refractivity contribution in [3.05, 3.63) is 52.5 Å². The molecule has 0 radical (unpaired) electrons. The minimum Gasteiger partial charge on any atom is -0.372 e. The maximum atomic E-state index is 11.9. The molecule has 1 heterocycles. The van der Waals surface area contributed by atoms with Crippen LogP contribution in [0.5, 0.6) is 0 Å². The van der Waals surface area contributed by atoms with E-state index in [1.54, 1.807) is 18.9 Å². The lowest BCUT2D eigenvalue weighted by molar-refractivity contribution is -0.114. The van der Waals surface area contributed by atoms with Crippen LogP contribution in [0.15, 0.2) is 51.8 Å². The van der Waals surface area contributed by atoms with Crippen molar-refractivity contribution in [2.24, 2.45) is 0 Å². The lowest BCUT2D eigenvalue weighted by atomic mass is 9.95. The van der Waals surface area contributed by atoms with Crippen molar-refractivity contribution in [1.29, 1.82) is 0 Å². The third-order valence-corrected chi connectivity index (χ3v) is 4.31. The summed E-state index contributed by atoms with van der Waals surface area (Å²) < 4.78 is 5.56. The zero-order valence-electron chi connectivity index (χ0n) is 9.47. The Morgan fingerprint density at radius 3 is 3.00 bits per heavy atom. The summed E-state index contributed by atoms with van der Waals surface area (Å²) in [5.41, 5.74) is 2.16. The fourth-order valence-corrected chi connectivity index (χ4v) is 3.42. The highest BCUT2D eigenvalue weighted by atomic mass is 32.2. The standard InChI is InChI=1S/C14H12O2S/c1-16-13-9-5-2-3-8-12(9)17-14-10(13)6-4-7-11(14)15/h2-6,8,13H,7H2,1H3. The number of Topliss-reactive ketones (excluding diaryl/α,β-unsaturated/α-hetero) is 1. The Morgan fingerprint density at radius 1 is 1.35 bits per heavy atom. The average molecular weight is 244 g/mol. The number of carbonyl (C=O) groups excluding carboxylic acids is 1. The van der Waals surface area contributed by atoms with E-state index in [4.69, 9.17) is 4.74 Å². The fraction of sp³-hybridized carbons (Fsp3) is 0.214. The third kappa shape index (κ3) is 1.66. The molecule has 1 atom stereocenters. The Morgan fingerprint density at radius 2 is 2.18 bits per heavy atom. The van der Waals surface area contributed by atoms with E-state index in [9.17, 15) is 4.79 Å². The van der Waals surface area contributed by atoms with Gasteiger partial charge >= 0.3 is 0 Å². The molecule has 1 aliphatic heterocycles. The van der Waals surface area contributed by atoms with Crippen molar-refractivity contribution in [3.63, 3.8) is 0 Å². The van der Waals surface area contributed by atoms with E-state index in [-0.39, 0.29) is 11.9 Å². The molecule has 1 aromatic rings. The van der Waals surface area contributed by atoms with Gasteiger partial charge < -0.3 is 4.74 Å². The minimum absolute atomic E-state index is 0.108. The summed E-state index contributed by atoms with van der Waals surface area (Å²) in [5.74, 6) is 0.198. The number of allylic oxidation sites excluding steroid dienone is 2. The summed E-state index contributed by atoms with van der Waals surface area (Å²) in [6, 6.07) is 8.10. The van der Waals surface area contributed by atoms with Crippen molar-refractivity contribution in [1.82, 2.24) is 0 Å². The fourth-order valence-electron chi connectivity index (χ4n) is 2.27. The van der Waals surface area contributed by atoms with Gasteiger partial charge in [-0.15, -0.1) is 0 Å². The van der Waals surface area contributed by atoms with Gasteiger partial charge in [-0.3, -0.25) is 4.79 Å². The molecule has 3 heteroatoms. The monoisotopic (exact) mass is 244 g/mol. The normalized spacial score (nSPS) is 22.4. The van der Waals surface area contributed by atoms with Crippen molar-refractivity contribution in [3.8, 4) is 0 Å². The molecule has 0 saturated carbocycles. The first-order chi connectivity index (χ1) is 8.31. The Labute approximate surface area is 104 Å². The molecule has 2 aliphatic rings. The summed E-state index contributed by atoms with van der Waals surface area (Å²) in [6.45, 7) is 0. The van der Waals surface area contributed by atoms with Gasteiger partial charge in [-0.1, -0.05) is 42.1 Å². The second kappa shape index (κ2) is 4.17. The topological polar surface area (TPSA) is 26.3 Å². The van der Waals surface area contributed by atoms with Crippen LogP contribution in [0.4, 0.5) is 0 Å². The molecule has 1 aromatic carbocycles. The molecule has 1 unspecified atom stereocenters. The number of fused-ring (bicyclic) bond motifs is 1. The molecule has 17 heavy (non-hydrogen) atoms. The first-order valence-electron chi connectivity index (χ1n) is 5.54. The van der Waals surface area contributed by atoms with Gasteiger partial charge in [-0.25, -0.2) is 0 Å². The molecule has 0 spiro atoms. The van der Waals surface area contributed by atoms with E-state index in [0.29, 0.717) is 6.42 Å². The number of thioether (sulfide) groups is 1. The predicted octanol–water partition coefficient (Wildman–Crippen LogP) is 3.26. The second-order valence-corrected chi connectivity index (χ2v) is 5.12. The van der Waals surface area contributed by atoms with Crippen LogP contribution in [0.3, 0.4) is 0 Å². The van der Waals surface area contributed by atoms with Crippen LogP contribution in [-0.4, -0.2) is 12.9 Å². The van der Waals surface area contributed by atoms with Crippen LogP contribution >= 0.6 is 11.8 Å². The number of rotatable bonds is 1. The molecule has 3 rings (SSSR count). The largest absolute Gasteiger partial charge is 0.372 e. The summed E-state index contributed by atoms with van der Waals surface area (Å²) in [5, 5.41) is 0. The van der Waals surface area contributed by atoms with E-state index in [1.165, 1.54) is 0 Å². The van der Waals surface area contributed by atoms with Gasteiger partial charge in [0, 0.05) is 24.0 Å². The highest BCUT2D eigenvalue weighted by Crippen LogP contribution is 2.47. The van der Waals surface area contributed by atoms with Gasteiger partial charge in [0.05, 0.1) is 4.91 Å². The SMILES string of the molecule is COC1C2=C(Sc3ccccc31)C(=O)CC=C2.